The van der Waals surface area contributed by atoms with Crippen molar-refractivity contribution in [1.29, 1.82) is 0 Å². The number of anilines is 1. The summed E-state index contributed by atoms with van der Waals surface area (Å²) in [5.74, 6) is 0.524. The number of rotatable bonds is 7. The molecule has 1 aromatic heterocycles. The predicted molar refractivity (Wildman–Crippen MR) is 116 cm³/mol. The maximum atomic E-state index is 12.8. The van der Waals surface area contributed by atoms with Crippen LogP contribution in [0.2, 0.25) is 0 Å². The monoisotopic (exact) mass is 392 g/mol. The summed E-state index contributed by atoms with van der Waals surface area (Å²) in [5.41, 5.74) is 4.65. The SMILES string of the molecule is CCCC(=O)NC(C)c1nc2ccccc2n1CC(=O)Nc1cc(C)cc(C)c1. The number of amides is 2. The number of carbonyl (C=O) groups is 2. The first-order valence-corrected chi connectivity index (χ1v) is 10.00. The highest BCUT2D eigenvalue weighted by atomic mass is 16.2. The smallest absolute Gasteiger partial charge is 0.244 e. The van der Waals surface area contributed by atoms with Crippen molar-refractivity contribution in [2.45, 2.75) is 53.1 Å². The number of hydrogen-bond acceptors (Lipinski definition) is 3. The lowest BCUT2D eigenvalue weighted by atomic mass is 10.1. The standard InChI is InChI=1S/C23H28N4O2/c1-5-8-21(28)24-17(4)23-26-19-9-6-7-10-20(19)27(23)14-22(29)25-18-12-15(2)11-16(3)13-18/h6-7,9-13,17H,5,8,14H2,1-4H3,(H,24,28)(H,25,29). The van der Waals surface area contributed by atoms with Crippen molar-refractivity contribution in [3.05, 3.63) is 59.4 Å². The second-order valence-electron chi connectivity index (χ2n) is 7.51. The molecule has 6 nitrogen and oxygen atoms in total. The lowest BCUT2D eigenvalue weighted by Crippen LogP contribution is -2.29. The molecule has 3 rings (SSSR count). The van der Waals surface area contributed by atoms with Crippen LogP contribution in [0.4, 0.5) is 5.69 Å². The summed E-state index contributed by atoms with van der Waals surface area (Å²) in [4.78, 5) is 29.5. The summed E-state index contributed by atoms with van der Waals surface area (Å²) >= 11 is 0. The minimum atomic E-state index is -0.296. The fourth-order valence-corrected chi connectivity index (χ4v) is 3.59. The van der Waals surface area contributed by atoms with E-state index in [4.69, 9.17) is 0 Å². The molecule has 0 fully saturated rings. The lowest BCUT2D eigenvalue weighted by molar-refractivity contribution is -0.121. The van der Waals surface area contributed by atoms with E-state index in [1.165, 1.54) is 0 Å². The highest BCUT2D eigenvalue weighted by Gasteiger charge is 2.20. The summed E-state index contributed by atoms with van der Waals surface area (Å²) < 4.78 is 1.88. The molecule has 0 bridgehead atoms. The van der Waals surface area contributed by atoms with Gasteiger partial charge in [0.2, 0.25) is 11.8 Å². The van der Waals surface area contributed by atoms with Gasteiger partial charge < -0.3 is 15.2 Å². The van der Waals surface area contributed by atoms with Crippen LogP contribution >= 0.6 is 0 Å². The van der Waals surface area contributed by atoms with Crippen LogP contribution in [0.25, 0.3) is 11.0 Å². The summed E-state index contributed by atoms with van der Waals surface area (Å²) in [7, 11) is 0. The normalized spacial score (nSPS) is 12.0. The summed E-state index contributed by atoms with van der Waals surface area (Å²) in [5, 5.41) is 5.96. The van der Waals surface area contributed by atoms with Gasteiger partial charge in [-0.25, -0.2) is 4.98 Å². The highest BCUT2D eigenvalue weighted by molar-refractivity contribution is 5.92. The van der Waals surface area contributed by atoms with E-state index in [2.05, 4.69) is 21.7 Å². The van der Waals surface area contributed by atoms with Crippen molar-refractivity contribution in [2.24, 2.45) is 0 Å². The van der Waals surface area contributed by atoms with Gasteiger partial charge in [0, 0.05) is 12.1 Å². The van der Waals surface area contributed by atoms with Crippen LogP contribution in [0, 0.1) is 13.8 Å². The first kappa shape index (κ1) is 20.6. The fourth-order valence-electron chi connectivity index (χ4n) is 3.59. The van der Waals surface area contributed by atoms with Crippen molar-refractivity contribution in [3.63, 3.8) is 0 Å². The van der Waals surface area contributed by atoms with Gasteiger partial charge in [-0.3, -0.25) is 9.59 Å². The Hall–Kier alpha value is -3.15. The van der Waals surface area contributed by atoms with Crippen LogP contribution in [0.5, 0.6) is 0 Å². The van der Waals surface area contributed by atoms with Gasteiger partial charge in [-0.1, -0.05) is 25.1 Å². The third-order valence-electron chi connectivity index (χ3n) is 4.73. The van der Waals surface area contributed by atoms with Gasteiger partial charge in [-0.15, -0.1) is 0 Å². The quantitative estimate of drug-likeness (QED) is 0.630. The first-order valence-electron chi connectivity index (χ1n) is 10.00. The second kappa shape index (κ2) is 8.90. The maximum Gasteiger partial charge on any atom is 0.244 e. The van der Waals surface area contributed by atoms with Crippen LogP contribution in [0.15, 0.2) is 42.5 Å². The first-order chi connectivity index (χ1) is 13.9. The predicted octanol–water partition coefficient (Wildman–Crippen LogP) is 4.27. The Morgan fingerprint density at radius 2 is 1.76 bits per heavy atom. The number of nitrogens with one attached hydrogen (secondary N) is 2. The second-order valence-corrected chi connectivity index (χ2v) is 7.51. The molecular weight excluding hydrogens is 364 g/mol. The fraction of sp³-hybridized carbons (Fsp3) is 0.348. The Labute approximate surface area is 171 Å². The van der Waals surface area contributed by atoms with Crippen LogP contribution in [0.3, 0.4) is 0 Å². The molecule has 0 radical (unpaired) electrons. The molecule has 1 atom stereocenters. The number of fused-ring (bicyclic) bond motifs is 1. The molecule has 0 saturated heterocycles. The van der Waals surface area contributed by atoms with E-state index in [1.807, 2.05) is 68.7 Å². The third kappa shape index (κ3) is 5.02. The van der Waals surface area contributed by atoms with Gasteiger partial charge in [0.1, 0.15) is 12.4 Å². The Bertz CT molecular complexity index is 1020. The molecule has 2 amide bonds. The van der Waals surface area contributed by atoms with Crippen molar-refractivity contribution >= 4 is 28.5 Å². The highest BCUT2D eigenvalue weighted by Crippen LogP contribution is 2.21. The average Bonchev–Trinajstić information content (AvgIpc) is 2.99. The van der Waals surface area contributed by atoms with Crippen LogP contribution in [-0.4, -0.2) is 21.4 Å². The van der Waals surface area contributed by atoms with Gasteiger partial charge in [0.15, 0.2) is 0 Å². The molecule has 1 heterocycles. The number of carbonyl (C=O) groups excluding carboxylic acids is 2. The number of imidazole rings is 1. The van der Waals surface area contributed by atoms with E-state index in [-0.39, 0.29) is 24.4 Å². The lowest BCUT2D eigenvalue weighted by Gasteiger charge is -2.16. The maximum absolute atomic E-state index is 12.8. The molecule has 1 unspecified atom stereocenters. The van der Waals surface area contributed by atoms with Gasteiger partial charge in [-0.2, -0.15) is 0 Å². The summed E-state index contributed by atoms with van der Waals surface area (Å²) in [6.07, 6.45) is 1.26. The molecule has 3 aromatic rings. The molecule has 6 heteroatoms. The Morgan fingerprint density at radius 3 is 2.45 bits per heavy atom. The molecule has 29 heavy (non-hydrogen) atoms. The van der Waals surface area contributed by atoms with Gasteiger partial charge in [0.05, 0.1) is 17.1 Å². The molecule has 152 valence electrons. The van der Waals surface area contributed by atoms with Crippen molar-refractivity contribution in [2.75, 3.05) is 5.32 Å². The van der Waals surface area contributed by atoms with Crippen LogP contribution in [-0.2, 0) is 16.1 Å². The van der Waals surface area contributed by atoms with Crippen molar-refractivity contribution in [1.82, 2.24) is 14.9 Å². The van der Waals surface area contributed by atoms with Crippen LogP contribution in [0.1, 0.15) is 49.7 Å². The largest absolute Gasteiger partial charge is 0.346 e. The molecule has 0 aliphatic rings. The Morgan fingerprint density at radius 1 is 1.07 bits per heavy atom. The van der Waals surface area contributed by atoms with E-state index in [0.29, 0.717) is 12.2 Å². The number of para-hydroxylation sites is 2. The molecule has 0 aliphatic carbocycles. The third-order valence-corrected chi connectivity index (χ3v) is 4.73. The van der Waals surface area contributed by atoms with Crippen molar-refractivity contribution < 1.29 is 9.59 Å². The zero-order valence-electron chi connectivity index (χ0n) is 17.5. The van der Waals surface area contributed by atoms with E-state index in [0.717, 1.165) is 34.3 Å². The average molecular weight is 393 g/mol. The minimum Gasteiger partial charge on any atom is -0.346 e. The van der Waals surface area contributed by atoms with E-state index in [9.17, 15) is 9.59 Å². The number of nitrogens with zero attached hydrogens (tertiary/aromatic N) is 2. The number of hydrogen-bond donors (Lipinski definition) is 2. The summed E-state index contributed by atoms with van der Waals surface area (Å²) in [6, 6.07) is 13.4. The molecule has 2 aromatic carbocycles. The zero-order valence-corrected chi connectivity index (χ0v) is 17.5. The molecule has 0 spiro atoms. The Kier molecular flexibility index (Phi) is 6.32. The van der Waals surface area contributed by atoms with Crippen molar-refractivity contribution in [3.8, 4) is 0 Å². The summed E-state index contributed by atoms with van der Waals surface area (Å²) in [6.45, 7) is 8.00. The van der Waals surface area contributed by atoms with E-state index < -0.39 is 0 Å². The van der Waals surface area contributed by atoms with E-state index in [1.54, 1.807) is 0 Å². The number of benzene rings is 2. The van der Waals surface area contributed by atoms with Gasteiger partial charge in [0.25, 0.3) is 0 Å². The van der Waals surface area contributed by atoms with Gasteiger partial charge in [-0.05, 0) is 62.6 Å². The van der Waals surface area contributed by atoms with Crippen LogP contribution < -0.4 is 10.6 Å². The molecule has 0 aliphatic heterocycles. The number of aryl methyl sites for hydroxylation is 2. The molecule has 0 saturated carbocycles. The van der Waals surface area contributed by atoms with E-state index >= 15 is 0 Å². The minimum absolute atomic E-state index is 0.0155. The Balaban J connectivity index is 1.86. The van der Waals surface area contributed by atoms with Gasteiger partial charge >= 0.3 is 0 Å². The molecular formula is C23H28N4O2. The number of aromatic nitrogens is 2. The molecule has 2 N–H and O–H groups in total. The zero-order chi connectivity index (χ0) is 21.0. The topological polar surface area (TPSA) is 76.0 Å².